The maximum Gasteiger partial charge on any atom is 0.243 e. The molecular formula is C14H20N4O2S. The Balaban J connectivity index is 2.26. The second-order valence-electron chi connectivity index (χ2n) is 4.88. The SMILES string of the molecule is CCC(N)c1cccc(S(=O)(=O)N(C)Cc2ncc[nH]2)c1. The number of nitrogens with two attached hydrogens (primary N) is 1. The second-order valence-corrected chi connectivity index (χ2v) is 6.93. The molecule has 0 aliphatic rings. The Morgan fingerprint density at radius 2 is 2.19 bits per heavy atom. The maximum absolute atomic E-state index is 12.6. The molecule has 114 valence electrons. The van der Waals surface area contributed by atoms with Crippen molar-refractivity contribution in [3.8, 4) is 0 Å². The number of rotatable bonds is 6. The van der Waals surface area contributed by atoms with Gasteiger partial charge in [0, 0.05) is 25.5 Å². The zero-order chi connectivity index (χ0) is 15.5. The predicted octanol–water partition coefficient (Wildman–Crippen LogP) is 1.64. The smallest absolute Gasteiger partial charge is 0.243 e. The minimum atomic E-state index is -3.56. The van der Waals surface area contributed by atoms with Crippen LogP contribution in [-0.2, 0) is 16.6 Å². The fourth-order valence-corrected chi connectivity index (χ4v) is 3.19. The van der Waals surface area contributed by atoms with Gasteiger partial charge >= 0.3 is 0 Å². The van der Waals surface area contributed by atoms with Crippen LogP contribution in [0.1, 0.15) is 30.8 Å². The van der Waals surface area contributed by atoms with Gasteiger partial charge in [0.05, 0.1) is 11.4 Å². The molecule has 0 radical (unpaired) electrons. The molecule has 0 aliphatic heterocycles. The molecule has 21 heavy (non-hydrogen) atoms. The van der Waals surface area contributed by atoms with E-state index >= 15 is 0 Å². The molecule has 3 N–H and O–H groups in total. The van der Waals surface area contributed by atoms with Crippen molar-refractivity contribution < 1.29 is 8.42 Å². The molecule has 0 saturated carbocycles. The normalized spacial score (nSPS) is 13.5. The van der Waals surface area contributed by atoms with Crippen LogP contribution < -0.4 is 5.73 Å². The van der Waals surface area contributed by atoms with Crippen LogP contribution >= 0.6 is 0 Å². The van der Waals surface area contributed by atoms with Crippen LogP contribution in [0.2, 0.25) is 0 Å². The molecule has 6 nitrogen and oxygen atoms in total. The molecule has 2 aromatic rings. The molecule has 0 fully saturated rings. The summed E-state index contributed by atoms with van der Waals surface area (Å²) in [4.78, 5) is 7.18. The van der Waals surface area contributed by atoms with E-state index < -0.39 is 10.0 Å². The molecule has 1 unspecified atom stereocenters. The second kappa shape index (κ2) is 6.38. The zero-order valence-corrected chi connectivity index (χ0v) is 13.0. The lowest BCUT2D eigenvalue weighted by molar-refractivity contribution is 0.458. The van der Waals surface area contributed by atoms with E-state index in [1.807, 2.05) is 13.0 Å². The number of benzene rings is 1. The highest BCUT2D eigenvalue weighted by molar-refractivity contribution is 7.89. The van der Waals surface area contributed by atoms with Crippen molar-refractivity contribution >= 4 is 10.0 Å². The Bertz CT molecular complexity index is 683. The molecule has 7 heteroatoms. The Hall–Kier alpha value is -1.70. The van der Waals surface area contributed by atoms with Crippen molar-refractivity contribution in [3.05, 3.63) is 48.0 Å². The number of hydrogen-bond acceptors (Lipinski definition) is 4. The summed E-state index contributed by atoms with van der Waals surface area (Å²) >= 11 is 0. The van der Waals surface area contributed by atoms with E-state index in [4.69, 9.17) is 5.73 Å². The largest absolute Gasteiger partial charge is 0.347 e. The van der Waals surface area contributed by atoms with E-state index in [9.17, 15) is 8.42 Å². The highest BCUT2D eigenvalue weighted by atomic mass is 32.2. The minimum Gasteiger partial charge on any atom is -0.347 e. The van der Waals surface area contributed by atoms with Crippen LogP contribution in [0.3, 0.4) is 0 Å². The van der Waals surface area contributed by atoms with Crippen LogP contribution in [0, 0.1) is 0 Å². The predicted molar refractivity (Wildman–Crippen MR) is 80.9 cm³/mol. The summed E-state index contributed by atoms with van der Waals surface area (Å²) in [5.74, 6) is 0.600. The van der Waals surface area contributed by atoms with Gasteiger partial charge in [-0.1, -0.05) is 19.1 Å². The number of imidazole rings is 1. The van der Waals surface area contributed by atoms with Gasteiger partial charge in [0.2, 0.25) is 10.0 Å². The molecule has 2 rings (SSSR count). The first kappa shape index (κ1) is 15.7. The standard InChI is InChI=1S/C14H20N4O2S/c1-3-13(15)11-5-4-6-12(9-11)21(19,20)18(2)10-14-16-7-8-17-14/h4-9,13H,3,10,15H2,1-2H3,(H,16,17). The van der Waals surface area contributed by atoms with Gasteiger partial charge in [-0.25, -0.2) is 13.4 Å². The first-order chi connectivity index (χ1) is 9.95. The Labute approximate surface area is 125 Å². The zero-order valence-electron chi connectivity index (χ0n) is 12.2. The fraction of sp³-hybridized carbons (Fsp3) is 0.357. The summed E-state index contributed by atoms with van der Waals surface area (Å²) in [5, 5.41) is 0. The van der Waals surface area contributed by atoms with Gasteiger partial charge in [-0.05, 0) is 24.1 Å². The summed E-state index contributed by atoms with van der Waals surface area (Å²) in [5.41, 5.74) is 6.79. The molecule has 0 saturated heterocycles. The molecule has 0 aliphatic carbocycles. The summed E-state index contributed by atoms with van der Waals surface area (Å²) in [6.07, 6.45) is 4.01. The molecular weight excluding hydrogens is 288 g/mol. The minimum absolute atomic E-state index is 0.157. The van der Waals surface area contributed by atoms with Crippen molar-refractivity contribution in [2.24, 2.45) is 5.73 Å². The lowest BCUT2D eigenvalue weighted by atomic mass is 10.1. The average Bonchev–Trinajstić information content (AvgIpc) is 2.99. The highest BCUT2D eigenvalue weighted by Gasteiger charge is 2.22. The number of nitrogens with one attached hydrogen (secondary N) is 1. The van der Waals surface area contributed by atoms with Crippen LogP contribution in [-0.4, -0.2) is 29.7 Å². The van der Waals surface area contributed by atoms with Gasteiger partial charge in [0.1, 0.15) is 5.82 Å². The van der Waals surface area contributed by atoms with E-state index in [1.54, 1.807) is 30.6 Å². The topological polar surface area (TPSA) is 92.1 Å². The fourth-order valence-electron chi connectivity index (χ4n) is 2.00. The van der Waals surface area contributed by atoms with Gasteiger partial charge in [-0.3, -0.25) is 0 Å². The first-order valence-electron chi connectivity index (χ1n) is 6.75. The Kier molecular flexibility index (Phi) is 4.76. The number of H-pyrrole nitrogens is 1. The van der Waals surface area contributed by atoms with E-state index in [0.29, 0.717) is 5.82 Å². The van der Waals surface area contributed by atoms with Crippen molar-refractivity contribution in [3.63, 3.8) is 0 Å². The number of sulfonamides is 1. The van der Waals surface area contributed by atoms with Crippen molar-refractivity contribution in [2.75, 3.05) is 7.05 Å². The van der Waals surface area contributed by atoms with Crippen LogP contribution in [0.5, 0.6) is 0 Å². The third kappa shape index (κ3) is 3.49. The third-order valence-corrected chi connectivity index (χ3v) is 5.16. The molecule has 1 aromatic heterocycles. The quantitative estimate of drug-likeness (QED) is 0.848. The molecule has 1 atom stereocenters. The first-order valence-corrected chi connectivity index (χ1v) is 8.19. The van der Waals surface area contributed by atoms with Gasteiger partial charge in [-0.15, -0.1) is 0 Å². The van der Waals surface area contributed by atoms with Gasteiger partial charge in [0.15, 0.2) is 0 Å². The molecule has 0 bridgehead atoms. The summed E-state index contributed by atoms with van der Waals surface area (Å²) in [6.45, 7) is 2.16. The van der Waals surface area contributed by atoms with E-state index in [0.717, 1.165) is 12.0 Å². The molecule has 0 amide bonds. The lowest BCUT2D eigenvalue weighted by Gasteiger charge is -2.17. The van der Waals surface area contributed by atoms with E-state index in [1.165, 1.54) is 11.4 Å². The van der Waals surface area contributed by atoms with E-state index in [2.05, 4.69) is 9.97 Å². The summed E-state index contributed by atoms with van der Waals surface area (Å²) in [6, 6.07) is 6.63. The summed E-state index contributed by atoms with van der Waals surface area (Å²) in [7, 11) is -2.03. The van der Waals surface area contributed by atoms with Gasteiger partial charge < -0.3 is 10.7 Å². The molecule has 1 aromatic carbocycles. The van der Waals surface area contributed by atoms with Gasteiger partial charge in [-0.2, -0.15) is 4.31 Å². The van der Waals surface area contributed by atoms with Crippen LogP contribution in [0.25, 0.3) is 0 Å². The van der Waals surface area contributed by atoms with Crippen molar-refractivity contribution in [1.82, 2.24) is 14.3 Å². The highest BCUT2D eigenvalue weighted by Crippen LogP contribution is 2.21. The molecule has 0 spiro atoms. The number of aromatic nitrogens is 2. The number of aromatic amines is 1. The van der Waals surface area contributed by atoms with Crippen molar-refractivity contribution in [1.29, 1.82) is 0 Å². The van der Waals surface area contributed by atoms with E-state index in [-0.39, 0.29) is 17.5 Å². The average molecular weight is 308 g/mol. The Morgan fingerprint density at radius 3 is 2.81 bits per heavy atom. The number of hydrogen-bond donors (Lipinski definition) is 2. The maximum atomic E-state index is 12.6. The van der Waals surface area contributed by atoms with Crippen molar-refractivity contribution in [2.45, 2.75) is 30.8 Å². The summed E-state index contributed by atoms with van der Waals surface area (Å²) < 4.78 is 26.4. The number of nitrogens with zero attached hydrogens (tertiary/aromatic N) is 2. The third-order valence-electron chi connectivity index (χ3n) is 3.36. The lowest BCUT2D eigenvalue weighted by Crippen LogP contribution is -2.27. The van der Waals surface area contributed by atoms with Crippen LogP contribution in [0.4, 0.5) is 0 Å². The van der Waals surface area contributed by atoms with Gasteiger partial charge in [0.25, 0.3) is 0 Å². The Morgan fingerprint density at radius 1 is 1.43 bits per heavy atom. The molecule has 1 heterocycles. The monoisotopic (exact) mass is 308 g/mol. The van der Waals surface area contributed by atoms with Crippen LogP contribution in [0.15, 0.2) is 41.6 Å².